The lowest BCUT2D eigenvalue weighted by atomic mass is 10.1. The van der Waals surface area contributed by atoms with E-state index in [1.807, 2.05) is 17.0 Å². The molecule has 1 aromatic heterocycles. The molecule has 0 N–H and O–H groups in total. The van der Waals surface area contributed by atoms with E-state index in [1.165, 1.54) is 0 Å². The van der Waals surface area contributed by atoms with Gasteiger partial charge in [-0.3, -0.25) is 0 Å². The molecule has 0 amide bonds. The first-order valence-corrected chi connectivity index (χ1v) is 3.30. The molecule has 0 fully saturated rings. The van der Waals surface area contributed by atoms with Gasteiger partial charge in [0.1, 0.15) is 0 Å². The summed E-state index contributed by atoms with van der Waals surface area (Å²) in [6, 6.07) is 1.91. The Labute approximate surface area is 59.4 Å². The second-order valence-electron chi connectivity index (χ2n) is 3.01. The van der Waals surface area contributed by atoms with Crippen molar-refractivity contribution < 1.29 is 0 Å². The summed E-state index contributed by atoms with van der Waals surface area (Å²) < 4.78 is 1.91. The molecule has 0 bridgehead atoms. The van der Waals surface area contributed by atoms with Gasteiger partial charge in [-0.15, -0.1) is 0 Å². The van der Waals surface area contributed by atoms with Gasteiger partial charge >= 0.3 is 0 Å². The molecular weight excluding hydrogens is 126 g/mol. The zero-order chi connectivity index (χ0) is 7.19. The van der Waals surface area contributed by atoms with Gasteiger partial charge in [-0.05, 0) is 13.8 Å². The average Bonchev–Trinajstić information content (AvgIpc) is 2.36. The Balaban J connectivity index is 2.64. The van der Waals surface area contributed by atoms with Crippen molar-refractivity contribution in [1.29, 1.82) is 0 Å². The van der Waals surface area contributed by atoms with Gasteiger partial charge in [-0.25, -0.2) is 9.67 Å². The van der Waals surface area contributed by atoms with Gasteiger partial charge in [0.15, 0.2) is 5.82 Å². The first-order valence-electron chi connectivity index (χ1n) is 3.30. The first kappa shape index (κ1) is 5.65. The van der Waals surface area contributed by atoms with Gasteiger partial charge in [0, 0.05) is 12.3 Å². The molecule has 0 saturated heterocycles. The number of aromatic nitrogens is 2. The quantitative estimate of drug-likeness (QED) is 0.528. The molecule has 0 aliphatic carbocycles. The zero-order valence-electron chi connectivity index (χ0n) is 6.07. The minimum absolute atomic E-state index is 0.0289. The van der Waals surface area contributed by atoms with Crippen molar-refractivity contribution in [3.05, 3.63) is 12.3 Å². The summed E-state index contributed by atoms with van der Waals surface area (Å²) in [5, 5.41) is 4.14. The summed E-state index contributed by atoms with van der Waals surface area (Å²) in [7, 11) is 0. The third kappa shape index (κ3) is 0.546. The Morgan fingerprint density at radius 3 is 3.00 bits per heavy atom. The van der Waals surface area contributed by atoms with E-state index in [-0.39, 0.29) is 5.54 Å². The predicted octanol–water partition coefficient (Wildman–Crippen LogP) is 1.33. The summed E-state index contributed by atoms with van der Waals surface area (Å²) in [4.78, 5) is 4.19. The van der Waals surface area contributed by atoms with Crippen LogP contribution in [-0.2, 0) is 5.54 Å². The highest BCUT2D eigenvalue weighted by Crippen LogP contribution is 2.26. The van der Waals surface area contributed by atoms with Gasteiger partial charge in [-0.1, -0.05) is 0 Å². The fraction of sp³-hybridized carbons (Fsp3) is 0.429. The normalized spacial score (nSPS) is 19.4. The molecule has 10 heavy (non-hydrogen) atoms. The number of aliphatic imine (C=N–C) groups is 1. The van der Waals surface area contributed by atoms with Crippen molar-refractivity contribution in [3.63, 3.8) is 0 Å². The van der Waals surface area contributed by atoms with Gasteiger partial charge < -0.3 is 0 Å². The maximum absolute atomic E-state index is 4.19. The van der Waals surface area contributed by atoms with E-state index < -0.39 is 0 Å². The van der Waals surface area contributed by atoms with E-state index in [1.54, 1.807) is 6.20 Å². The van der Waals surface area contributed by atoms with E-state index in [9.17, 15) is 0 Å². The van der Waals surface area contributed by atoms with Crippen LogP contribution in [0.25, 0.3) is 0 Å². The van der Waals surface area contributed by atoms with E-state index in [0.717, 1.165) is 5.82 Å². The molecular formula is C7H9N3. The van der Waals surface area contributed by atoms with Crippen LogP contribution in [-0.4, -0.2) is 16.0 Å². The van der Waals surface area contributed by atoms with E-state index in [0.29, 0.717) is 0 Å². The fourth-order valence-corrected chi connectivity index (χ4v) is 1.12. The van der Waals surface area contributed by atoms with E-state index in [4.69, 9.17) is 0 Å². The molecule has 1 aromatic rings. The molecule has 0 atom stereocenters. The van der Waals surface area contributed by atoms with Gasteiger partial charge in [-0.2, -0.15) is 5.10 Å². The van der Waals surface area contributed by atoms with Crippen LogP contribution in [0.3, 0.4) is 0 Å². The van der Waals surface area contributed by atoms with Crippen LogP contribution in [0.1, 0.15) is 13.8 Å². The van der Waals surface area contributed by atoms with Crippen LogP contribution in [0, 0.1) is 0 Å². The number of rotatable bonds is 0. The lowest BCUT2D eigenvalue weighted by molar-refractivity contribution is 0.468. The van der Waals surface area contributed by atoms with Crippen molar-refractivity contribution >= 4 is 12.0 Å². The Bertz CT molecular complexity index is 283. The summed E-state index contributed by atoms with van der Waals surface area (Å²) in [6.07, 6.45) is 3.68. The second-order valence-corrected chi connectivity index (χ2v) is 3.01. The fourth-order valence-electron chi connectivity index (χ4n) is 1.12. The summed E-state index contributed by atoms with van der Waals surface area (Å²) in [5.74, 6) is 0.949. The number of hydrogen-bond donors (Lipinski definition) is 0. The molecule has 0 aromatic carbocycles. The standard InChI is InChI=1S/C7H9N3/c1-7(2)5-8-6-3-4-9-10(6)7/h3-5H,1-2H3. The number of hydrogen-bond acceptors (Lipinski definition) is 2. The smallest absolute Gasteiger partial charge is 0.150 e. The van der Waals surface area contributed by atoms with Gasteiger partial charge in [0.2, 0.25) is 0 Å². The lowest BCUT2D eigenvalue weighted by Gasteiger charge is -2.14. The monoisotopic (exact) mass is 135 g/mol. The maximum atomic E-state index is 4.19. The summed E-state index contributed by atoms with van der Waals surface area (Å²) in [6.45, 7) is 4.17. The van der Waals surface area contributed by atoms with Crippen molar-refractivity contribution in [3.8, 4) is 0 Å². The van der Waals surface area contributed by atoms with Crippen LogP contribution >= 0.6 is 0 Å². The Kier molecular flexibility index (Phi) is 0.836. The molecule has 0 spiro atoms. The van der Waals surface area contributed by atoms with Gasteiger partial charge in [0.25, 0.3) is 0 Å². The third-order valence-electron chi connectivity index (χ3n) is 1.68. The summed E-state index contributed by atoms with van der Waals surface area (Å²) >= 11 is 0. The van der Waals surface area contributed by atoms with Crippen molar-refractivity contribution in [1.82, 2.24) is 9.78 Å². The van der Waals surface area contributed by atoms with Crippen molar-refractivity contribution in [2.24, 2.45) is 4.99 Å². The lowest BCUT2D eigenvalue weighted by Crippen LogP contribution is -2.24. The molecule has 52 valence electrons. The zero-order valence-corrected chi connectivity index (χ0v) is 6.07. The van der Waals surface area contributed by atoms with Crippen molar-refractivity contribution in [2.75, 3.05) is 0 Å². The molecule has 2 heterocycles. The average molecular weight is 135 g/mol. The Morgan fingerprint density at radius 1 is 1.50 bits per heavy atom. The molecule has 0 radical (unpaired) electrons. The molecule has 2 rings (SSSR count). The predicted molar refractivity (Wildman–Crippen MR) is 39.7 cm³/mol. The van der Waals surface area contributed by atoms with Gasteiger partial charge in [0.05, 0.1) is 11.7 Å². The molecule has 0 unspecified atom stereocenters. The molecule has 1 aliphatic rings. The Hall–Kier alpha value is -1.12. The van der Waals surface area contributed by atoms with Crippen LogP contribution in [0.15, 0.2) is 17.3 Å². The van der Waals surface area contributed by atoms with Crippen LogP contribution < -0.4 is 0 Å². The highest BCUT2D eigenvalue weighted by molar-refractivity contribution is 5.74. The molecule has 3 nitrogen and oxygen atoms in total. The van der Waals surface area contributed by atoms with Crippen LogP contribution in [0.2, 0.25) is 0 Å². The van der Waals surface area contributed by atoms with Crippen molar-refractivity contribution in [2.45, 2.75) is 19.4 Å². The third-order valence-corrected chi connectivity index (χ3v) is 1.68. The largest absolute Gasteiger partial charge is 0.239 e. The Morgan fingerprint density at radius 2 is 2.30 bits per heavy atom. The molecule has 3 heteroatoms. The maximum Gasteiger partial charge on any atom is 0.150 e. The first-order chi connectivity index (χ1) is 4.70. The molecule has 0 saturated carbocycles. The number of fused-ring (bicyclic) bond motifs is 1. The summed E-state index contributed by atoms with van der Waals surface area (Å²) in [5.41, 5.74) is -0.0289. The molecule has 1 aliphatic heterocycles. The minimum Gasteiger partial charge on any atom is -0.239 e. The van der Waals surface area contributed by atoms with Crippen LogP contribution in [0.4, 0.5) is 5.82 Å². The van der Waals surface area contributed by atoms with E-state index >= 15 is 0 Å². The SMILES string of the molecule is CC1(C)C=Nc2ccnn21. The minimum atomic E-state index is -0.0289. The van der Waals surface area contributed by atoms with Crippen LogP contribution in [0.5, 0.6) is 0 Å². The highest BCUT2D eigenvalue weighted by atomic mass is 15.4. The number of nitrogens with zero attached hydrogens (tertiary/aromatic N) is 3. The second kappa shape index (κ2) is 1.48. The topological polar surface area (TPSA) is 30.2 Å². The van der Waals surface area contributed by atoms with E-state index in [2.05, 4.69) is 23.9 Å². The highest BCUT2D eigenvalue weighted by Gasteiger charge is 2.25.